The Balaban J connectivity index is 0.913. The molecule has 0 radical (unpaired) electrons. The Morgan fingerprint density at radius 1 is 0.232 bits per heavy atom. The van der Waals surface area contributed by atoms with Gasteiger partial charge in [0.2, 0.25) is 5.95 Å². The quantitative estimate of drug-likeness (QED) is 0.122. The molecule has 6 nitrogen and oxygen atoms in total. The summed E-state index contributed by atoms with van der Waals surface area (Å²) in [5.74, 6) is 0.584. The smallest absolute Gasteiger partial charge is 0.235 e. The lowest BCUT2D eigenvalue weighted by Gasteiger charge is -2.25. The van der Waals surface area contributed by atoms with Crippen LogP contribution in [0.5, 0.6) is 0 Å². The molecule has 0 unspecified atom stereocenters. The Kier molecular flexibility index (Phi) is 12.1. The van der Waals surface area contributed by atoms with Gasteiger partial charge in [-0.3, -0.25) is 4.57 Å². The van der Waals surface area contributed by atoms with E-state index in [2.05, 4.69) is 334 Å². The molecule has 15 aromatic rings. The minimum Gasteiger partial charge on any atom is -0.310 e. The summed E-state index contributed by atoms with van der Waals surface area (Å²) in [6, 6.07) is 112. The average Bonchev–Trinajstić information content (AvgIpc) is 4.29. The Morgan fingerprint density at radius 3 is 1.13 bits per heavy atom. The molecule has 3 heterocycles. The van der Waals surface area contributed by atoms with Crippen LogP contribution in [-0.2, 0) is 0 Å². The Labute approximate surface area is 476 Å². The fraction of sp³-hybridized carbons (Fsp3) is 0. The molecular formula is C76H52N6. The van der Waals surface area contributed by atoms with Gasteiger partial charge in [0.25, 0.3) is 0 Å². The van der Waals surface area contributed by atoms with Gasteiger partial charge in [0.15, 0.2) is 0 Å². The number of rotatable bonds is 12. The van der Waals surface area contributed by atoms with Crippen molar-refractivity contribution in [3.63, 3.8) is 0 Å². The largest absolute Gasteiger partial charge is 0.310 e. The van der Waals surface area contributed by atoms with Crippen molar-refractivity contribution in [2.45, 2.75) is 0 Å². The second-order valence-corrected chi connectivity index (χ2v) is 20.6. The summed E-state index contributed by atoms with van der Waals surface area (Å²) in [5, 5.41) is 4.56. The number of fused-ring (bicyclic) bond motifs is 6. The molecule has 0 aliphatic rings. The molecule has 386 valence electrons. The van der Waals surface area contributed by atoms with E-state index in [1.54, 1.807) is 0 Å². The number of para-hydroxylation sites is 6. The van der Waals surface area contributed by atoms with Crippen LogP contribution in [0.25, 0.3) is 100 Å². The molecule has 0 N–H and O–H groups in total. The van der Waals surface area contributed by atoms with Crippen molar-refractivity contribution in [3.8, 4) is 56.4 Å². The lowest BCUT2D eigenvalue weighted by Crippen LogP contribution is -2.09. The average molecular weight is 1050 g/mol. The van der Waals surface area contributed by atoms with E-state index in [4.69, 9.17) is 9.97 Å². The van der Waals surface area contributed by atoms with Crippen LogP contribution in [0.4, 0.5) is 34.1 Å². The third kappa shape index (κ3) is 8.63. The summed E-state index contributed by atoms with van der Waals surface area (Å²) in [7, 11) is 0. The van der Waals surface area contributed by atoms with E-state index >= 15 is 0 Å². The summed E-state index contributed by atoms with van der Waals surface area (Å²) >= 11 is 0. The van der Waals surface area contributed by atoms with Crippen LogP contribution >= 0.6 is 0 Å². The second kappa shape index (κ2) is 20.6. The van der Waals surface area contributed by atoms with E-state index < -0.39 is 0 Å². The van der Waals surface area contributed by atoms with Gasteiger partial charge in [-0.15, -0.1) is 0 Å². The highest BCUT2D eigenvalue weighted by atomic mass is 15.2. The third-order valence-electron chi connectivity index (χ3n) is 15.7. The number of hydrogen-bond donors (Lipinski definition) is 0. The van der Waals surface area contributed by atoms with E-state index in [0.717, 1.165) is 106 Å². The fourth-order valence-electron chi connectivity index (χ4n) is 12.0. The van der Waals surface area contributed by atoms with Crippen LogP contribution in [0.3, 0.4) is 0 Å². The molecule has 0 spiro atoms. The summed E-state index contributed by atoms with van der Waals surface area (Å²) in [6.45, 7) is 0. The summed E-state index contributed by atoms with van der Waals surface area (Å²) < 4.78 is 4.64. The molecule has 0 aliphatic heterocycles. The van der Waals surface area contributed by atoms with Crippen LogP contribution in [0, 0.1) is 0 Å². The van der Waals surface area contributed by atoms with Gasteiger partial charge in [0, 0.05) is 72.5 Å². The van der Waals surface area contributed by atoms with E-state index in [1.807, 2.05) is 0 Å². The lowest BCUT2D eigenvalue weighted by atomic mass is 9.93. The molecule has 0 atom stereocenters. The molecule has 15 rings (SSSR count). The minimum atomic E-state index is 0.584. The zero-order valence-electron chi connectivity index (χ0n) is 44.7. The number of aromatic nitrogens is 4. The second-order valence-electron chi connectivity index (χ2n) is 20.6. The molecular weight excluding hydrogens is 997 g/mol. The van der Waals surface area contributed by atoms with Crippen molar-refractivity contribution < 1.29 is 0 Å². The van der Waals surface area contributed by atoms with Crippen molar-refractivity contribution in [1.29, 1.82) is 0 Å². The van der Waals surface area contributed by atoms with Crippen LogP contribution in [0.2, 0.25) is 0 Å². The number of benzene rings is 12. The van der Waals surface area contributed by atoms with Crippen molar-refractivity contribution in [2.75, 3.05) is 9.80 Å². The molecule has 0 saturated heterocycles. The van der Waals surface area contributed by atoms with Crippen LogP contribution in [0.15, 0.2) is 315 Å². The number of hydrogen-bond acceptors (Lipinski definition) is 4. The van der Waals surface area contributed by atoms with Crippen molar-refractivity contribution in [3.05, 3.63) is 315 Å². The molecule has 0 bridgehead atoms. The van der Waals surface area contributed by atoms with Gasteiger partial charge in [0.1, 0.15) is 0 Å². The van der Waals surface area contributed by atoms with Crippen molar-refractivity contribution in [1.82, 2.24) is 19.1 Å². The fourth-order valence-corrected chi connectivity index (χ4v) is 12.0. The van der Waals surface area contributed by atoms with E-state index in [-0.39, 0.29) is 0 Å². The van der Waals surface area contributed by atoms with Gasteiger partial charge in [-0.1, -0.05) is 194 Å². The Morgan fingerprint density at radius 2 is 0.610 bits per heavy atom. The van der Waals surface area contributed by atoms with E-state index in [9.17, 15) is 0 Å². The monoisotopic (exact) mass is 1050 g/mol. The maximum atomic E-state index is 5.62. The highest BCUT2D eigenvalue weighted by molar-refractivity contribution is 6.12. The summed E-state index contributed by atoms with van der Waals surface area (Å²) in [4.78, 5) is 15.9. The first kappa shape index (κ1) is 48.1. The first-order valence-electron chi connectivity index (χ1n) is 27.8. The van der Waals surface area contributed by atoms with E-state index in [0.29, 0.717) is 5.95 Å². The van der Waals surface area contributed by atoms with Gasteiger partial charge >= 0.3 is 0 Å². The van der Waals surface area contributed by atoms with Crippen LogP contribution in [-0.4, -0.2) is 19.1 Å². The number of nitrogens with zero attached hydrogens (tertiary/aromatic N) is 6. The molecule has 0 aliphatic carbocycles. The normalized spacial score (nSPS) is 11.4. The zero-order valence-corrected chi connectivity index (χ0v) is 44.7. The van der Waals surface area contributed by atoms with Gasteiger partial charge in [0.05, 0.1) is 33.5 Å². The van der Waals surface area contributed by atoms with Crippen molar-refractivity contribution >= 4 is 77.7 Å². The molecule has 0 amide bonds. The third-order valence-corrected chi connectivity index (χ3v) is 15.7. The van der Waals surface area contributed by atoms with Gasteiger partial charge in [-0.05, 0) is 144 Å². The highest BCUT2D eigenvalue weighted by Gasteiger charge is 2.22. The molecule has 0 saturated carbocycles. The summed E-state index contributed by atoms with van der Waals surface area (Å²) in [6.07, 6.45) is 0. The van der Waals surface area contributed by atoms with Crippen molar-refractivity contribution in [2.24, 2.45) is 0 Å². The number of anilines is 6. The predicted molar refractivity (Wildman–Crippen MR) is 342 cm³/mol. The van der Waals surface area contributed by atoms with Gasteiger partial charge in [-0.2, -0.15) is 0 Å². The first-order valence-corrected chi connectivity index (χ1v) is 27.8. The molecule has 3 aromatic heterocycles. The maximum absolute atomic E-state index is 5.62. The zero-order chi connectivity index (χ0) is 54.3. The minimum absolute atomic E-state index is 0.584. The predicted octanol–water partition coefficient (Wildman–Crippen LogP) is 20.3. The first-order chi connectivity index (χ1) is 40.7. The van der Waals surface area contributed by atoms with E-state index in [1.165, 1.54) is 21.9 Å². The van der Waals surface area contributed by atoms with Gasteiger partial charge in [-0.25, -0.2) is 9.97 Å². The van der Waals surface area contributed by atoms with Gasteiger partial charge < -0.3 is 14.4 Å². The highest BCUT2D eigenvalue weighted by Crippen LogP contribution is 2.43. The molecule has 82 heavy (non-hydrogen) atoms. The summed E-state index contributed by atoms with van der Waals surface area (Å²) in [5.41, 5.74) is 20.0. The SMILES string of the molecule is c1ccc(-c2ccccc2-c2cccc(-c3cc(-c4cccc(-n5c6ccccc6c6cc(N(c7ccccc7)c7ccccc7)ccc65)c4)nc(-n4c5ccccc5c5cc(N(c6ccccc6)c6ccccc6)ccc54)n3)c2)cc1. The lowest BCUT2D eigenvalue weighted by molar-refractivity contribution is 0.995. The standard InChI is InChI=1S/C76H52N6/c1-6-24-53(25-7-1)64-38-16-17-39-65(64)54-26-22-27-55(48-54)70-52-71(78-76(77-70)82-73-43-21-19-41-67(73)69-51-63(45-47-75(69)82)80(59-33-12-4-13-34-59)60-35-14-5-15-36-60)56-28-23-37-61(49-56)81-72-42-20-18-40-66(72)68-50-62(44-46-74(68)81)79(57-29-8-2-9-30-57)58-31-10-3-11-32-58/h1-52H. The topological polar surface area (TPSA) is 42.1 Å². The van der Waals surface area contributed by atoms with Crippen LogP contribution in [0.1, 0.15) is 0 Å². The Bertz CT molecular complexity index is 4720. The molecule has 6 heteroatoms. The molecule has 12 aromatic carbocycles. The maximum Gasteiger partial charge on any atom is 0.235 e. The molecule has 0 fully saturated rings. The Hall–Kier alpha value is -11.1. The van der Waals surface area contributed by atoms with Crippen LogP contribution < -0.4 is 9.80 Å².